The van der Waals surface area contributed by atoms with Gasteiger partial charge in [0.15, 0.2) is 6.61 Å². The maximum absolute atomic E-state index is 12.1. The maximum Gasteiger partial charge on any atom is 0.260 e. The molecule has 2 rings (SSSR count). The van der Waals surface area contributed by atoms with E-state index in [-0.39, 0.29) is 24.7 Å². The zero-order valence-corrected chi connectivity index (χ0v) is 13.8. The van der Waals surface area contributed by atoms with Crippen LogP contribution in [0.3, 0.4) is 0 Å². The van der Waals surface area contributed by atoms with Gasteiger partial charge < -0.3 is 14.4 Å². The van der Waals surface area contributed by atoms with Gasteiger partial charge in [0.1, 0.15) is 5.75 Å². The third-order valence-corrected chi connectivity index (χ3v) is 3.81. The summed E-state index contributed by atoms with van der Waals surface area (Å²) in [6, 6.07) is 5.30. The first kappa shape index (κ1) is 15.6. The third kappa shape index (κ3) is 4.11. The molecule has 2 atom stereocenters. The number of morpholine rings is 1. The van der Waals surface area contributed by atoms with E-state index in [1.54, 1.807) is 17.0 Å². The van der Waals surface area contributed by atoms with Gasteiger partial charge in [0.05, 0.1) is 17.2 Å². The van der Waals surface area contributed by atoms with Gasteiger partial charge in [-0.15, -0.1) is 0 Å². The molecule has 2 unspecified atom stereocenters. The first-order valence-electron chi connectivity index (χ1n) is 6.47. The molecule has 1 aromatic carbocycles. The number of halogens is 2. The van der Waals surface area contributed by atoms with Gasteiger partial charge >= 0.3 is 0 Å². The van der Waals surface area contributed by atoms with Gasteiger partial charge in [-0.05, 0) is 32.0 Å². The number of hydrogen-bond donors (Lipinski definition) is 0. The van der Waals surface area contributed by atoms with Gasteiger partial charge in [0, 0.05) is 17.6 Å². The lowest BCUT2D eigenvalue weighted by Crippen LogP contribution is -2.49. The second-order valence-electron chi connectivity index (χ2n) is 4.92. The summed E-state index contributed by atoms with van der Waals surface area (Å²) in [6.07, 6.45) is 0.109. The number of rotatable bonds is 3. The summed E-state index contributed by atoms with van der Waals surface area (Å²) < 4.78 is 12.0. The Morgan fingerprint density at radius 3 is 2.70 bits per heavy atom. The molecule has 0 aliphatic carbocycles. The summed E-state index contributed by atoms with van der Waals surface area (Å²) in [5.74, 6) is 0.462. The fraction of sp³-hybridized carbons (Fsp3) is 0.500. The lowest BCUT2D eigenvalue weighted by atomic mass is 10.2. The van der Waals surface area contributed by atoms with Crippen LogP contribution in [0.5, 0.6) is 5.75 Å². The number of ether oxygens (including phenoxy) is 2. The smallest absolute Gasteiger partial charge is 0.260 e. The normalized spacial score (nSPS) is 22.7. The van der Waals surface area contributed by atoms with Crippen LogP contribution in [0, 0.1) is 0 Å². The van der Waals surface area contributed by atoms with E-state index in [1.807, 2.05) is 19.9 Å². The minimum atomic E-state index is -0.0500. The molecule has 0 spiro atoms. The molecule has 1 aliphatic heterocycles. The van der Waals surface area contributed by atoms with Crippen molar-refractivity contribution in [3.63, 3.8) is 0 Å². The van der Waals surface area contributed by atoms with Crippen LogP contribution in [0.25, 0.3) is 0 Å². The Morgan fingerprint density at radius 2 is 2.10 bits per heavy atom. The van der Waals surface area contributed by atoms with E-state index in [9.17, 15) is 4.79 Å². The average Bonchev–Trinajstić information content (AvgIpc) is 2.36. The molecule has 1 amide bonds. The summed E-state index contributed by atoms with van der Waals surface area (Å²) >= 11 is 9.37. The van der Waals surface area contributed by atoms with E-state index in [0.717, 1.165) is 4.47 Å². The maximum atomic E-state index is 12.1. The van der Waals surface area contributed by atoms with Crippen molar-refractivity contribution in [3.05, 3.63) is 27.7 Å². The Kier molecular flexibility index (Phi) is 5.29. The first-order chi connectivity index (χ1) is 9.45. The SMILES string of the molecule is CC1CN(C(=O)COc2ccc(Br)cc2Cl)CC(C)O1. The fourth-order valence-corrected chi connectivity index (χ4v) is 2.93. The number of carbonyl (C=O) groups is 1. The van der Waals surface area contributed by atoms with Crippen LogP contribution >= 0.6 is 27.5 Å². The van der Waals surface area contributed by atoms with Crippen molar-refractivity contribution >= 4 is 33.4 Å². The highest BCUT2D eigenvalue weighted by molar-refractivity contribution is 9.10. The Hall–Kier alpha value is -0.780. The number of benzene rings is 1. The van der Waals surface area contributed by atoms with E-state index >= 15 is 0 Å². The van der Waals surface area contributed by atoms with Gasteiger partial charge in [-0.25, -0.2) is 0 Å². The Morgan fingerprint density at radius 1 is 1.45 bits per heavy atom. The molecule has 110 valence electrons. The van der Waals surface area contributed by atoms with E-state index in [4.69, 9.17) is 21.1 Å². The molecule has 0 aromatic heterocycles. The van der Waals surface area contributed by atoms with Crippen molar-refractivity contribution in [1.82, 2.24) is 4.90 Å². The summed E-state index contributed by atoms with van der Waals surface area (Å²) in [7, 11) is 0. The predicted molar refractivity (Wildman–Crippen MR) is 81.2 cm³/mol. The quantitative estimate of drug-likeness (QED) is 0.829. The Bertz CT molecular complexity index is 487. The van der Waals surface area contributed by atoms with E-state index in [1.165, 1.54) is 0 Å². The number of carbonyl (C=O) groups excluding carboxylic acids is 1. The molecular weight excluding hydrogens is 346 g/mol. The average molecular weight is 363 g/mol. The van der Waals surface area contributed by atoms with Crippen LogP contribution in [-0.4, -0.2) is 42.7 Å². The number of amides is 1. The molecule has 1 aliphatic rings. The van der Waals surface area contributed by atoms with E-state index < -0.39 is 0 Å². The molecule has 0 N–H and O–H groups in total. The van der Waals surface area contributed by atoms with Gasteiger partial charge in [-0.2, -0.15) is 0 Å². The minimum absolute atomic E-state index is 0.0131. The van der Waals surface area contributed by atoms with Crippen LogP contribution < -0.4 is 4.74 Å². The molecule has 1 saturated heterocycles. The molecule has 1 heterocycles. The zero-order chi connectivity index (χ0) is 14.7. The van der Waals surface area contributed by atoms with Crippen LogP contribution in [0.2, 0.25) is 5.02 Å². The first-order valence-corrected chi connectivity index (χ1v) is 7.64. The highest BCUT2D eigenvalue weighted by Crippen LogP contribution is 2.27. The topological polar surface area (TPSA) is 38.8 Å². The van der Waals surface area contributed by atoms with Crippen LogP contribution in [0.4, 0.5) is 0 Å². The lowest BCUT2D eigenvalue weighted by molar-refractivity contribution is -0.145. The molecule has 20 heavy (non-hydrogen) atoms. The Labute approximate surface area is 132 Å². The fourth-order valence-electron chi connectivity index (χ4n) is 2.20. The molecular formula is C14H17BrClNO3. The van der Waals surface area contributed by atoms with Crippen molar-refractivity contribution in [1.29, 1.82) is 0 Å². The monoisotopic (exact) mass is 361 g/mol. The van der Waals surface area contributed by atoms with Crippen molar-refractivity contribution < 1.29 is 14.3 Å². The molecule has 1 aromatic rings. The lowest BCUT2D eigenvalue weighted by Gasteiger charge is -2.35. The van der Waals surface area contributed by atoms with Gasteiger partial charge in [-0.1, -0.05) is 27.5 Å². The summed E-state index contributed by atoms with van der Waals surface area (Å²) in [4.78, 5) is 13.9. The number of nitrogens with zero attached hydrogens (tertiary/aromatic N) is 1. The molecule has 1 fully saturated rings. The standard InChI is InChI=1S/C14H17BrClNO3/c1-9-6-17(7-10(2)20-9)14(18)8-19-13-4-3-11(15)5-12(13)16/h3-5,9-10H,6-8H2,1-2H3. The summed E-state index contributed by atoms with van der Waals surface area (Å²) in [5, 5.41) is 0.482. The molecule has 6 heteroatoms. The molecule has 0 radical (unpaired) electrons. The van der Waals surface area contributed by atoms with Crippen molar-refractivity contribution in [2.24, 2.45) is 0 Å². The molecule has 4 nitrogen and oxygen atoms in total. The van der Waals surface area contributed by atoms with E-state index in [0.29, 0.717) is 23.9 Å². The van der Waals surface area contributed by atoms with Gasteiger partial charge in [0.2, 0.25) is 0 Å². The Balaban J connectivity index is 1.91. The van der Waals surface area contributed by atoms with Crippen LogP contribution in [-0.2, 0) is 9.53 Å². The summed E-state index contributed by atoms with van der Waals surface area (Å²) in [6.45, 7) is 5.10. The second kappa shape index (κ2) is 6.78. The predicted octanol–water partition coefficient (Wildman–Crippen LogP) is 3.12. The molecule has 0 bridgehead atoms. The minimum Gasteiger partial charge on any atom is -0.482 e. The van der Waals surface area contributed by atoms with Gasteiger partial charge in [0.25, 0.3) is 5.91 Å². The third-order valence-electron chi connectivity index (χ3n) is 3.02. The summed E-state index contributed by atoms with van der Waals surface area (Å²) in [5.41, 5.74) is 0. The van der Waals surface area contributed by atoms with Crippen LogP contribution in [0.1, 0.15) is 13.8 Å². The molecule has 0 saturated carbocycles. The van der Waals surface area contributed by atoms with Crippen LogP contribution in [0.15, 0.2) is 22.7 Å². The highest BCUT2D eigenvalue weighted by atomic mass is 79.9. The largest absolute Gasteiger partial charge is 0.482 e. The van der Waals surface area contributed by atoms with Crippen molar-refractivity contribution in [2.75, 3.05) is 19.7 Å². The second-order valence-corrected chi connectivity index (χ2v) is 6.24. The zero-order valence-electron chi connectivity index (χ0n) is 11.4. The van der Waals surface area contributed by atoms with Crippen molar-refractivity contribution in [2.45, 2.75) is 26.1 Å². The van der Waals surface area contributed by atoms with E-state index in [2.05, 4.69) is 15.9 Å². The number of hydrogen-bond acceptors (Lipinski definition) is 3. The highest BCUT2D eigenvalue weighted by Gasteiger charge is 2.26. The van der Waals surface area contributed by atoms with Crippen molar-refractivity contribution in [3.8, 4) is 5.75 Å². The van der Waals surface area contributed by atoms with Gasteiger partial charge in [-0.3, -0.25) is 4.79 Å².